The average molecular weight is 339 g/mol. The Kier molecular flexibility index (Phi) is 7.92. The monoisotopic (exact) mass is 339 g/mol. The van der Waals surface area contributed by atoms with Gasteiger partial charge in [-0.05, 0) is 44.3 Å². The summed E-state index contributed by atoms with van der Waals surface area (Å²) in [7, 11) is 4.16. The molecule has 2 rings (SSSR count). The fourth-order valence-electron chi connectivity index (χ4n) is 2.48. The van der Waals surface area contributed by atoms with Crippen LogP contribution in [0.4, 0.5) is 0 Å². The molecule has 0 unspecified atom stereocenters. The lowest BCUT2D eigenvalue weighted by Gasteiger charge is -2.12. The summed E-state index contributed by atoms with van der Waals surface area (Å²) in [5.41, 5.74) is 3.62. The maximum absolute atomic E-state index is 4.67. The maximum Gasteiger partial charge on any atom is 0.191 e. The van der Waals surface area contributed by atoms with E-state index in [1.165, 1.54) is 11.1 Å². The van der Waals surface area contributed by atoms with Crippen molar-refractivity contribution in [3.8, 4) is 0 Å². The summed E-state index contributed by atoms with van der Waals surface area (Å²) in [5.74, 6) is 0.843. The van der Waals surface area contributed by atoms with Gasteiger partial charge in [0.15, 0.2) is 5.96 Å². The van der Waals surface area contributed by atoms with Crippen molar-refractivity contribution in [2.45, 2.75) is 26.4 Å². The minimum Gasteiger partial charge on any atom is -0.357 e. The molecule has 0 spiro atoms. The molecule has 1 heterocycles. The van der Waals surface area contributed by atoms with Crippen molar-refractivity contribution >= 4 is 5.96 Å². The summed E-state index contributed by atoms with van der Waals surface area (Å²) >= 11 is 0. The molecule has 5 nitrogen and oxygen atoms in total. The predicted molar refractivity (Wildman–Crippen MR) is 105 cm³/mol. The lowest BCUT2D eigenvalue weighted by Crippen LogP contribution is -2.38. The zero-order valence-electron chi connectivity index (χ0n) is 15.5. The van der Waals surface area contributed by atoms with Gasteiger partial charge in [0, 0.05) is 37.9 Å². The van der Waals surface area contributed by atoms with E-state index in [0.29, 0.717) is 6.54 Å². The summed E-state index contributed by atoms with van der Waals surface area (Å²) in [4.78, 5) is 11.2. The first-order chi connectivity index (χ1) is 12.2. The van der Waals surface area contributed by atoms with E-state index in [4.69, 9.17) is 0 Å². The molecule has 0 saturated heterocycles. The quantitative estimate of drug-likeness (QED) is 0.573. The topological polar surface area (TPSA) is 52.6 Å². The molecule has 2 aromatic rings. The van der Waals surface area contributed by atoms with Crippen LogP contribution in [0.25, 0.3) is 0 Å². The van der Waals surface area contributed by atoms with Crippen molar-refractivity contribution in [1.82, 2.24) is 20.5 Å². The molecule has 2 N–H and O–H groups in total. The third-order valence-corrected chi connectivity index (χ3v) is 3.69. The van der Waals surface area contributed by atoms with Gasteiger partial charge in [-0.2, -0.15) is 0 Å². The van der Waals surface area contributed by atoms with Crippen LogP contribution in [0, 0.1) is 0 Å². The Morgan fingerprint density at radius 1 is 1.04 bits per heavy atom. The Morgan fingerprint density at radius 2 is 1.80 bits per heavy atom. The van der Waals surface area contributed by atoms with E-state index in [9.17, 15) is 0 Å². The predicted octanol–water partition coefficient (Wildman–Crippen LogP) is 2.44. The van der Waals surface area contributed by atoms with Gasteiger partial charge in [-0.15, -0.1) is 0 Å². The average Bonchev–Trinajstić information content (AvgIpc) is 2.61. The third-order valence-electron chi connectivity index (χ3n) is 3.69. The molecule has 1 aromatic carbocycles. The molecule has 0 aliphatic heterocycles. The number of rotatable bonds is 8. The van der Waals surface area contributed by atoms with Crippen LogP contribution in [-0.4, -0.2) is 43.0 Å². The second kappa shape index (κ2) is 10.5. The Labute approximate surface area is 151 Å². The van der Waals surface area contributed by atoms with Crippen LogP contribution >= 0.6 is 0 Å². The number of aliphatic imine (C=N–C) groups is 1. The van der Waals surface area contributed by atoms with Crippen molar-refractivity contribution in [1.29, 1.82) is 0 Å². The van der Waals surface area contributed by atoms with Gasteiger partial charge in [-0.25, -0.2) is 4.99 Å². The van der Waals surface area contributed by atoms with Gasteiger partial charge in [0.25, 0.3) is 0 Å². The molecule has 0 aliphatic rings. The van der Waals surface area contributed by atoms with Crippen molar-refractivity contribution in [2.24, 2.45) is 4.99 Å². The summed E-state index contributed by atoms with van der Waals surface area (Å²) in [6, 6.07) is 14.6. The minimum atomic E-state index is 0.668. The van der Waals surface area contributed by atoms with E-state index < -0.39 is 0 Å². The first-order valence-electron chi connectivity index (χ1n) is 8.82. The maximum atomic E-state index is 4.67. The van der Waals surface area contributed by atoms with E-state index in [-0.39, 0.29) is 0 Å². The van der Waals surface area contributed by atoms with Crippen LogP contribution in [0.5, 0.6) is 0 Å². The summed E-state index contributed by atoms with van der Waals surface area (Å²) < 4.78 is 0. The molecule has 5 heteroatoms. The Balaban J connectivity index is 1.85. The first kappa shape index (κ1) is 18.9. The van der Waals surface area contributed by atoms with Gasteiger partial charge < -0.3 is 15.5 Å². The van der Waals surface area contributed by atoms with Crippen LogP contribution in [-0.2, 0) is 19.5 Å². The zero-order valence-corrected chi connectivity index (χ0v) is 15.5. The molecule has 0 amide bonds. The lowest BCUT2D eigenvalue weighted by atomic mass is 10.1. The highest BCUT2D eigenvalue weighted by Crippen LogP contribution is 2.07. The van der Waals surface area contributed by atoms with Crippen LogP contribution in [0.15, 0.2) is 53.7 Å². The summed E-state index contributed by atoms with van der Waals surface area (Å²) in [6.45, 7) is 5.36. The SMILES string of the molecule is CCNC(=NCc1ccc(CN(C)C)cc1)NCCc1ccccn1. The highest BCUT2D eigenvalue weighted by Gasteiger charge is 2.00. The van der Waals surface area contributed by atoms with Gasteiger partial charge in [0.2, 0.25) is 0 Å². The molecule has 0 fully saturated rings. The van der Waals surface area contributed by atoms with Crippen molar-refractivity contribution in [3.63, 3.8) is 0 Å². The van der Waals surface area contributed by atoms with Crippen molar-refractivity contribution in [3.05, 3.63) is 65.5 Å². The van der Waals surface area contributed by atoms with Crippen molar-refractivity contribution in [2.75, 3.05) is 27.2 Å². The van der Waals surface area contributed by atoms with E-state index in [1.54, 1.807) is 0 Å². The summed E-state index contributed by atoms with van der Waals surface area (Å²) in [6.07, 6.45) is 2.71. The zero-order chi connectivity index (χ0) is 17.9. The van der Waals surface area contributed by atoms with Crippen LogP contribution < -0.4 is 10.6 Å². The molecule has 25 heavy (non-hydrogen) atoms. The second-order valence-electron chi connectivity index (χ2n) is 6.25. The number of hydrogen-bond acceptors (Lipinski definition) is 3. The Bertz CT molecular complexity index is 635. The smallest absolute Gasteiger partial charge is 0.191 e. The number of hydrogen-bond donors (Lipinski definition) is 2. The Hall–Kier alpha value is -2.40. The second-order valence-corrected chi connectivity index (χ2v) is 6.25. The van der Waals surface area contributed by atoms with Gasteiger partial charge in [0.1, 0.15) is 0 Å². The fourth-order valence-corrected chi connectivity index (χ4v) is 2.48. The van der Waals surface area contributed by atoms with Crippen LogP contribution in [0.3, 0.4) is 0 Å². The highest BCUT2D eigenvalue weighted by molar-refractivity contribution is 5.79. The number of guanidine groups is 1. The van der Waals surface area contributed by atoms with E-state index >= 15 is 0 Å². The highest BCUT2D eigenvalue weighted by atomic mass is 15.2. The number of aromatic nitrogens is 1. The number of nitrogens with one attached hydrogen (secondary N) is 2. The molecular formula is C20H29N5. The molecule has 0 bridgehead atoms. The van der Waals surface area contributed by atoms with Gasteiger partial charge >= 0.3 is 0 Å². The van der Waals surface area contributed by atoms with E-state index in [1.807, 2.05) is 24.4 Å². The van der Waals surface area contributed by atoms with E-state index in [2.05, 4.69) is 70.8 Å². The lowest BCUT2D eigenvalue weighted by molar-refractivity contribution is 0.402. The van der Waals surface area contributed by atoms with E-state index in [0.717, 1.165) is 37.7 Å². The third kappa shape index (κ3) is 7.35. The van der Waals surface area contributed by atoms with Gasteiger partial charge in [-0.3, -0.25) is 4.98 Å². The Morgan fingerprint density at radius 3 is 2.44 bits per heavy atom. The molecule has 0 atom stereocenters. The summed E-state index contributed by atoms with van der Waals surface area (Å²) in [5, 5.41) is 6.66. The largest absolute Gasteiger partial charge is 0.357 e. The molecule has 0 saturated carbocycles. The first-order valence-corrected chi connectivity index (χ1v) is 8.82. The van der Waals surface area contributed by atoms with Crippen molar-refractivity contribution < 1.29 is 0 Å². The van der Waals surface area contributed by atoms with Crippen LogP contribution in [0.1, 0.15) is 23.7 Å². The molecule has 0 radical (unpaired) electrons. The number of nitrogens with zero attached hydrogens (tertiary/aromatic N) is 3. The normalized spacial score (nSPS) is 11.6. The standard InChI is InChI=1S/C20H29N5/c1-4-21-20(23-14-12-19-7-5-6-13-22-19)24-15-17-8-10-18(11-9-17)16-25(2)3/h5-11,13H,4,12,14-16H2,1-3H3,(H2,21,23,24). The van der Waals surface area contributed by atoms with Gasteiger partial charge in [-0.1, -0.05) is 30.3 Å². The number of benzene rings is 1. The number of pyridine rings is 1. The molecule has 0 aliphatic carbocycles. The minimum absolute atomic E-state index is 0.668. The molecular weight excluding hydrogens is 310 g/mol. The molecule has 134 valence electrons. The molecule has 1 aromatic heterocycles. The fraction of sp³-hybridized carbons (Fsp3) is 0.400. The van der Waals surface area contributed by atoms with Crippen LogP contribution in [0.2, 0.25) is 0 Å². The van der Waals surface area contributed by atoms with Gasteiger partial charge in [0.05, 0.1) is 6.54 Å².